The number of halogens is 1. The standard InChI is InChI=1S/C13H17ClN2O3/c14-10-3-1-9(2-4-10)7-18-8-11-5-6-12(19-11)13(17)16-15/h1-4,11-12H,5-8,15H2,(H,16,17). The van der Waals surface area contributed by atoms with Gasteiger partial charge in [-0.2, -0.15) is 0 Å². The molecule has 2 atom stereocenters. The van der Waals surface area contributed by atoms with E-state index in [0.29, 0.717) is 24.7 Å². The molecule has 1 aliphatic rings. The summed E-state index contributed by atoms with van der Waals surface area (Å²) in [6.07, 6.45) is 0.986. The minimum absolute atomic E-state index is 0.0467. The molecule has 104 valence electrons. The lowest BCUT2D eigenvalue weighted by Crippen LogP contribution is -2.39. The second-order valence-electron chi connectivity index (χ2n) is 4.47. The molecule has 0 aromatic heterocycles. The number of nitrogens with one attached hydrogen (secondary N) is 1. The number of benzene rings is 1. The summed E-state index contributed by atoms with van der Waals surface area (Å²) in [5.74, 6) is 4.79. The van der Waals surface area contributed by atoms with E-state index in [1.54, 1.807) is 0 Å². The van der Waals surface area contributed by atoms with E-state index in [2.05, 4.69) is 5.43 Å². The highest BCUT2D eigenvalue weighted by Crippen LogP contribution is 2.20. The molecule has 2 rings (SSSR count). The van der Waals surface area contributed by atoms with E-state index >= 15 is 0 Å². The SMILES string of the molecule is NNC(=O)C1CCC(COCc2ccc(Cl)cc2)O1. The number of hydrogen-bond acceptors (Lipinski definition) is 4. The minimum Gasteiger partial charge on any atom is -0.374 e. The molecular weight excluding hydrogens is 268 g/mol. The van der Waals surface area contributed by atoms with Gasteiger partial charge in [0, 0.05) is 5.02 Å². The van der Waals surface area contributed by atoms with Crippen molar-refractivity contribution in [1.29, 1.82) is 0 Å². The monoisotopic (exact) mass is 284 g/mol. The molecule has 1 saturated heterocycles. The lowest BCUT2D eigenvalue weighted by Gasteiger charge is -2.13. The van der Waals surface area contributed by atoms with Crippen LogP contribution in [0.25, 0.3) is 0 Å². The molecule has 1 fully saturated rings. The van der Waals surface area contributed by atoms with Gasteiger partial charge in [0.2, 0.25) is 0 Å². The highest BCUT2D eigenvalue weighted by Gasteiger charge is 2.30. The van der Waals surface area contributed by atoms with Gasteiger partial charge in [-0.15, -0.1) is 0 Å². The molecule has 0 aliphatic carbocycles. The van der Waals surface area contributed by atoms with Crippen molar-refractivity contribution < 1.29 is 14.3 Å². The van der Waals surface area contributed by atoms with Gasteiger partial charge >= 0.3 is 0 Å². The van der Waals surface area contributed by atoms with Crippen LogP contribution in [0.3, 0.4) is 0 Å². The van der Waals surface area contributed by atoms with Crippen LogP contribution in [0.2, 0.25) is 5.02 Å². The van der Waals surface area contributed by atoms with Gasteiger partial charge in [0.1, 0.15) is 6.10 Å². The van der Waals surface area contributed by atoms with Gasteiger partial charge in [-0.1, -0.05) is 23.7 Å². The van der Waals surface area contributed by atoms with E-state index in [4.69, 9.17) is 26.9 Å². The summed E-state index contributed by atoms with van der Waals surface area (Å²) in [4.78, 5) is 11.3. The Bertz CT molecular complexity index is 424. The number of carbonyl (C=O) groups excluding carboxylic acids is 1. The number of amides is 1. The number of carbonyl (C=O) groups is 1. The molecule has 3 N–H and O–H groups in total. The van der Waals surface area contributed by atoms with Crippen LogP contribution in [0, 0.1) is 0 Å². The molecule has 1 aliphatic heterocycles. The fourth-order valence-corrected chi connectivity index (χ4v) is 2.13. The van der Waals surface area contributed by atoms with E-state index in [9.17, 15) is 4.79 Å². The maximum Gasteiger partial charge on any atom is 0.263 e. The summed E-state index contributed by atoms with van der Waals surface area (Å²) in [6, 6.07) is 7.49. The Morgan fingerprint density at radius 2 is 2.16 bits per heavy atom. The first-order chi connectivity index (χ1) is 9.19. The Balaban J connectivity index is 1.69. The van der Waals surface area contributed by atoms with Gasteiger partial charge in [-0.25, -0.2) is 5.84 Å². The van der Waals surface area contributed by atoms with Crippen LogP contribution in [0.5, 0.6) is 0 Å². The van der Waals surface area contributed by atoms with Crippen LogP contribution in [0.4, 0.5) is 0 Å². The zero-order valence-electron chi connectivity index (χ0n) is 10.5. The number of hydrazine groups is 1. The topological polar surface area (TPSA) is 73.6 Å². The lowest BCUT2D eigenvalue weighted by atomic mass is 10.2. The highest BCUT2D eigenvalue weighted by atomic mass is 35.5. The van der Waals surface area contributed by atoms with Gasteiger partial charge in [0.15, 0.2) is 0 Å². The molecule has 1 heterocycles. The van der Waals surface area contributed by atoms with E-state index in [1.807, 2.05) is 24.3 Å². The first-order valence-electron chi connectivity index (χ1n) is 6.17. The smallest absolute Gasteiger partial charge is 0.263 e. The Labute approximate surface area is 117 Å². The van der Waals surface area contributed by atoms with Crippen molar-refractivity contribution in [2.24, 2.45) is 5.84 Å². The van der Waals surface area contributed by atoms with Crippen molar-refractivity contribution in [3.8, 4) is 0 Å². The summed E-state index contributed by atoms with van der Waals surface area (Å²) in [5, 5.41) is 0.707. The summed E-state index contributed by atoms with van der Waals surface area (Å²) in [6.45, 7) is 0.974. The molecule has 0 bridgehead atoms. The third-order valence-electron chi connectivity index (χ3n) is 3.03. The lowest BCUT2D eigenvalue weighted by molar-refractivity contribution is -0.133. The van der Waals surface area contributed by atoms with Crippen LogP contribution >= 0.6 is 11.6 Å². The normalized spacial score (nSPS) is 22.4. The van der Waals surface area contributed by atoms with Crippen LogP contribution in [-0.4, -0.2) is 24.7 Å². The summed E-state index contributed by atoms with van der Waals surface area (Å²) < 4.78 is 11.1. The fraction of sp³-hybridized carbons (Fsp3) is 0.462. The first-order valence-corrected chi connectivity index (χ1v) is 6.55. The molecule has 1 amide bonds. The van der Waals surface area contributed by atoms with Crippen molar-refractivity contribution in [2.45, 2.75) is 31.7 Å². The Hall–Kier alpha value is -1.14. The van der Waals surface area contributed by atoms with Crippen molar-refractivity contribution >= 4 is 17.5 Å². The second kappa shape index (κ2) is 6.86. The van der Waals surface area contributed by atoms with Crippen molar-refractivity contribution in [3.63, 3.8) is 0 Å². The average molecular weight is 285 g/mol. The minimum atomic E-state index is -0.450. The third kappa shape index (κ3) is 4.18. The fourth-order valence-electron chi connectivity index (χ4n) is 2.00. The Morgan fingerprint density at radius 3 is 2.84 bits per heavy atom. The van der Waals surface area contributed by atoms with Crippen molar-refractivity contribution in [2.75, 3.05) is 6.61 Å². The maximum atomic E-state index is 11.3. The molecule has 19 heavy (non-hydrogen) atoms. The number of nitrogens with two attached hydrogens (primary N) is 1. The van der Waals surface area contributed by atoms with Crippen molar-refractivity contribution in [3.05, 3.63) is 34.9 Å². The molecule has 1 aromatic carbocycles. The van der Waals surface area contributed by atoms with Gasteiger partial charge in [-0.3, -0.25) is 10.2 Å². The average Bonchev–Trinajstić information content (AvgIpc) is 2.89. The number of rotatable bonds is 5. The molecule has 6 heteroatoms. The zero-order chi connectivity index (χ0) is 13.7. The van der Waals surface area contributed by atoms with Crippen LogP contribution in [0.15, 0.2) is 24.3 Å². The largest absolute Gasteiger partial charge is 0.374 e. The number of hydrogen-bond donors (Lipinski definition) is 2. The third-order valence-corrected chi connectivity index (χ3v) is 3.28. The number of ether oxygens (including phenoxy) is 2. The molecular formula is C13H17ClN2O3. The molecule has 1 aromatic rings. The summed E-state index contributed by atoms with van der Waals surface area (Å²) in [5.41, 5.74) is 3.15. The zero-order valence-corrected chi connectivity index (χ0v) is 11.2. The summed E-state index contributed by atoms with van der Waals surface area (Å²) >= 11 is 5.80. The van der Waals surface area contributed by atoms with Crippen LogP contribution in [-0.2, 0) is 20.9 Å². The maximum absolute atomic E-state index is 11.3. The quantitative estimate of drug-likeness (QED) is 0.487. The Morgan fingerprint density at radius 1 is 1.42 bits per heavy atom. The summed E-state index contributed by atoms with van der Waals surface area (Å²) in [7, 11) is 0. The second-order valence-corrected chi connectivity index (χ2v) is 4.91. The Kier molecular flexibility index (Phi) is 5.15. The molecule has 0 spiro atoms. The van der Waals surface area contributed by atoms with Crippen LogP contribution in [0.1, 0.15) is 18.4 Å². The molecule has 2 unspecified atom stereocenters. The molecule has 0 radical (unpaired) electrons. The van der Waals surface area contributed by atoms with Gasteiger partial charge in [-0.05, 0) is 30.5 Å². The van der Waals surface area contributed by atoms with E-state index in [0.717, 1.165) is 12.0 Å². The van der Waals surface area contributed by atoms with E-state index in [1.165, 1.54) is 0 Å². The molecule has 5 nitrogen and oxygen atoms in total. The van der Waals surface area contributed by atoms with Crippen molar-refractivity contribution in [1.82, 2.24) is 5.43 Å². The first kappa shape index (κ1) is 14.3. The van der Waals surface area contributed by atoms with E-state index < -0.39 is 6.10 Å². The van der Waals surface area contributed by atoms with Gasteiger partial charge < -0.3 is 9.47 Å². The predicted octanol–water partition coefficient (Wildman–Crippen LogP) is 1.39. The van der Waals surface area contributed by atoms with Gasteiger partial charge in [0.25, 0.3) is 5.91 Å². The predicted molar refractivity (Wildman–Crippen MR) is 71.3 cm³/mol. The van der Waals surface area contributed by atoms with Crippen LogP contribution < -0.4 is 11.3 Å². The van der Waals surface area contributed by atoms with Gasteiger partial charge in [0.05, 0.1) is 19.3 Å². The molecule has 0 saturated carbocycles. The van der Waals surface area contributed by atoms with E-state index in [-0.39, 0.29) is 12.0 Å². The highest BCUT2D eigenvalue weighted by molar-refractivity contribution is 6.30.